The van der Waals surface area contributed by atoms with Gasteiger partial charge in [0.05, 0.1) is 12.0 Å². The van der Waals surface area contributed by atoms with E-state index in [9.17, 15) is 13.2 Å². The molecule has 0 unspecified atom stereocenters. The van der Waals surface area contributed by atoms with Crippen molar-refractivity contribution in [2.75, 3.05) is 25.5 Å². The van der Waals surface area contributed by atoms with Gasteiger partial charge in [-0.1, -0.05) is 12.2 Å². The lowest BCUT2D eigenvalue weighted by atomic mass is 10.3. The van der Waals surface area contributed by atoms with Gasteiger partial charge in [-0.25, -0.2) is 13.2 Å². The number of hydrogen-bond donors (Lipinski definition) is 1. The summed E-state index contributed by atoms with van der Waals surface area (Å²) >= 11 is 0. The molecule has 0 spiro atoms. The third-order valence-corrected chi connectivity index (χ3v) is 4.91. The summed E-state index contributed by atoms with van der Waals surface area (Å²) in [6.07, 6.45) is 4.19. The number of nitrogens with one attached hydrogen (secondary N) is 1. The number of esters is 1. The molecule has 0 fully saturated rings. The van der Waals surface area contributed by atoms with E-state index >= 15 is 0 Å². The van der Waals surface area contributed by atoms with Crippen LogP contribution >= 0.6 is 0 Å². The summed E-state index contributed by atoms with van der Waals surface area (Å²) in [6.45, 7) is 7.44. The van der Waals surface area contributed by atoms with Crippen LogP contribution in [-0.4, -0.2) is 38.9 Å². The van der Waals surface area contributed by atoms with E-state index in [1.807, 2.05) is 0 Å². The number of hydrogen-bond acceptors (Lipinski definition) is 6. The molecule has 132 valence electrons. The molecule has 0 aliphatic carbocycles. The monoisotopic (exact) mass is 361 g/mol. The van der Waals surface area contributed by atoms with Gasteiger partial charge in [-0.3, -0.25) is 0 Å². The Labute approximate surface area is 147 Å². The molecule has 0 saturated heterocycles. The first-order valence-corrected chi connectivity index (χ1v) is 8.61. The summed E-state index contributed by atoms with van der Waals surface area (Å²) in [4.78, 5) is 11.4. The maximum atomic E-state index is 12.6. The smallest absolute Gasteiger partial charge is 0.350 e. The van der Waals surface area contributed by atoms with Gasteiger partial charge < -0.3 is 10.1 Å². The Balaban J connectivity index is 3.00. The van der Waals surface area contributed by atoms with Crippen molar-refractivity contribution in [3.63, 3.8) is 0 Å². The zero-order chi connectivity index (χ0) is 18.9. The molecular weight excluding hydrogens is 342 g/mol. The summed E-state index contributed by atoms with van der Waals surface area (Å²) in [5.41, 5.74) is 0.303. The molecule has 0 bridgehead atoms. The molecule has 0 aliphatic heterocycles. The fraction of sp³-hybridized carbons (Fsp3) is 0.176. The van der Waals surface area contributed by atoms with Gasteiger partial charge in [-0.05, 0) is 24.3 Å². The van der Waals surface area contributed by atoms with Crippen LogP contribution in [0, 0.1) is 11.3 Å². The average Bonchev–Trinajstić information content (AvgIpc) is 2.62. The van der Waals surface area contributed by atoms with E-state index in [4.69, 9.17) is 5.26 Å². The van der Waals surface area contributed by atoms with Crippen molar-refractivity contribution in [3.8, 4) is 6.07 Å². The quantitative estimate of drug-likeness (QED) is 0.313. The molecule has 0 radical (unpaired) electrons. The van der Waals surface area contributed by atoms with Gasteiger partial charge in [-0.15, -0.1) is 13.2 Å². The maximum absolute atomic E-state index is 12.6. The maximum Gasteiger partial charge on any atom is 0.350 e. The fourth-order valence-corrected chi connectivity index (χ4v) is 3.21. The molecule has 0 atom stereocenters. The van der Waals surface area contributed by atoms with Crippen molar-refractivity contribution in [3.05, 3.63) is 61.3 Å². The van der Waals surface area contributed by atoms with Gasteiger partial charge in [0.15, 0.2) is 5.57 Å². The Bertz CT molecular complexity index is 795. The van der Waals surface area contributed by atoms with E-state index in [2.05, 4.69) is 23.2 Å². The molecule has 0 heterocycles. The lowest BCUT2D eigenvalue weighted by Gasteiger charge is -2.19. The zero-order valence-electron chi connectivity index (χ0n) is 13.8. The first-order chi connectivity index (χ1) is 11.9. The Kier molecular flexibility index (Phi) is 7.59. The number of anilines is 1. The van der Waals surface area contributed by atoms with Crippen LogP contribution in [0.15, 0.2) is 66.2 Å². The van der Waals surface area contributed by atoms with Crippen LogP contribution in [0.4, 0.5) is 5.69 Å². The van der Waals surface area contributed by atoms with Gasteiger partial charge >= 0.3 is 5.97 Å². The molecule has 7 nitrogen and oxygen atoms in total. The molecule has 0 aliphatic rings. The minimum atomic E-state index is -3.67. The van der Waals surface area contributed by atoms with Gasteiger partial charge in [0.1, 0.15) is 6.07 Å². The summed E-state index contributed by atoms with van der Waals surface area (Å²) in [5, 5.41) is 11.6. The Morgan fingerprint density at radius 2 is 1.84 bits per heavy atom. The predicted octanol–water partition coefficient (Wildman–Crippen LogP) is 2.04. The van der Waals surface area contributed by atoms with Crippen LogP contribution < -0.4 is 5.32 Å². The largest absolute Gasteiger partial charge is 0.465 e. The molecule has 25 heavy (non-hydrogen) atoms. The van der Waals surface area contributed by atoms with Crippen molar-refractivity contribution in [1.82, 2.24) is 4.31 Å². The SMILES string of the molecule is C=CCN(CC=C)S(=O)(=O)c1ccc(N/C=C(/C#N)C(=O)OC)cc1. The van der Waals surface area contributed by atoms with Crippen molar-refractivity contribution in [2.24, 2.45) is 0 Å². The minimum absolute atomic E-state index is 0.110. The van der Waals surface area contributed by atoms with E-state index in [0.29, 0.717) is 5.69 Å². The van der Waals surface area contributed by atoms with E-state index in [0.717, 1.165) is 0 Å². The topological polar surface area (TPSA) is 99.5 Å². The third kappa shape index (κ3) is 5.31. The highest BCUT2D eigenvalue weighted by Crippen LogP contribution is 2.18. The van der Waals surface area contributed by atoms with E-state index in [-0.39, 0.29) is 23.6 Å². The van der Waals surface area contributed by atoms with E-state index in [1.165, 1.54) is 54.0 Å². The second kappa shape index (κ2) is 9.42. The van der Waals surface area contributed by atoms with Gasteiger partial charge in [0.25, 0.3) is 0 Å². The number of methoxy groups -OCH3 is 1. The highest BCUT2D eigenvalue weighted by Gasteiger charge is 2.22. The first-order valence-electron chi connectivity index (χ1n) is 7.17. The number of nitriles is 1. The molecule has 1 rings (SSSR count). The lowest BCUT2D eigenvalue weighted by molar-refractivity contribution is -0.135. The van der Waals surface area contributed by atoms with Crippen LogP contribution in [0.5, 0.6) is 0 Å². The molecule has 8 heteroatoms. The molecule has 0 saturated carbocycles. The van der Waals surface area contributed by atoms with Gasteiger partial charge in [-0.2, -0.15) is 9.57 Å². The summed E-state index contributed by atoms with van der Waals surface area (Å²) in [5.74, 6) is -0.765. The fourth-order valence-electron chi connectivity index (χ4n) is 1.83. The number of benzene rings is 1. The van der Waals surface area contributed by atoms with Crippen molar-refractivity contribution in [1.29, 1.82) is 5.26 Å². The van der Waals surface area contributed by atoms with Crippen molar-refractivity contribution < 1.29 is 17.9 Å². The highest BCUT2D eigenvalue weighted by atomic mass is 32.2. The summed E-state index contributed by atoms with van der Waals surface area (Å²) < 4.78 is 30.8. The minimum Gasteiger partial charge on any atom is -0.465 e. The molecular formula is C17H19N3O4S. The summed E-state index contributed by atoms with van der Waals surface area (Å²) in [6, 6.07) is 7.60. The third-order valence-electron chi connectivity index (χ3n) is 3.07. The van der Waals surface area contributed by atoms with Crippen LogP contribution in [-0.2, 0) is 19.6 Å². The molecule has 0 amide bonds. The molecule has 1 N–H and O–H groups in total. The molecule has 0 aromatic heterocycles. The predicted molar refractivity (Wildman–Crippen MR) is 94.9 cm³/mol. The summed E-state index contributed by atoms with van der Waals surface area (Å²) in [7, 11) is -2.50. The van der Waals surface area contributed by atoms with Gasteiger partial charge in [0.2, 0.25) is 10.0 Å². The number of carbonyl (C=O) groups is 1. The van der Waals surface area contributed by atoms with Gasteiger partial charge in [0, 0.05) is 25.0 Å². The number of nitrogens with zero attached hydrogens (tertiary/aromatic N) is 2. The zero-order valence-corrected chi connectivity index (χ0v) is 14.6. The first kappa shape index (κ1) is 20.2. The second-order valence-electron chi connectivity index (χ2n) is 4.73. The van der Waals surface area contributed by atoms with Crippen LogP contribution in [0.3, 0.4) is 0 Å². The van der Waals surface area contributed by atoms with Crippen molar-refractivity contribution >= 4 is 21.7 Å². The number of ether oxygens (including phenoxy) is 1. The standard InChI is InChI=1S/C17H19N3O4S/c1-4-10-20(11-5-2)25(22,23)16-8-6-15(7-9-16)19-13-14(12-18)17(21)24-3/h4-9,13,19H,1-2,10-11H2,3H3/b14-13-. The molecule has 1 aromatic carbocycles. The Morgan fingerprint density at radius 1 is 1.28 bits per heavy atom. The van der Waals surface area contributed by atoms with E-state index in [1.54, 1.807) is 6.07 Å². The highest BCUT2D eigenvalue weighted by molar-refractivity contribution is 7.89. The normalized spacial score (nSPS) is 11.5. The average molecular weight is 361 g/mol. The Hall–Kier alpha value is -2.89. The molecule has 1 aromatic rings. The number of rotatable bonds is 9. The second-order valence-corrected chi connectivity index (χ2v) is 6.67. The van der Waals surface area contributed by atoms with Crippen molar-refractivity contribution in [2.45, 2.75) is 4.90 Å². The number of sulfonamides is 1. The Morgan fingerprint density at radius 3 is 2.28 bits per heavy atom. The lowest BCUT2D eigenvalue weighted by Crippen LogP contribution is -2.31. The van der Waals surface area contributed by atoms with E-state index < -0.39 is 16.0 Å². The number of carbonyl (C=O) groups excluding carboxylic acids is 1. The van der Waals surface area contributed by atoms with Crippen LogP contribution in [0.2, 0.25) is 0 Å². The van der Waals surface area contributed by atoms with Crippen LogP contribution in [0.1, 0.15) is 0 Å². The van der Waals surface area contributed by atoms with Crippen LogP contribution in [0.25, 0.3) is 0 Å².